The predicted molar refractivity (Wildman–Crippen MR) is 83.7 cm³/mol. The fourth-order valence-electron chi connectivity index (χ4n) is 2.48. The molecule has 0 aliphatic rings. The molecule has 0 fully saturated rings. The maximum atomic E-state index is 9.20. The fraction of sp³-hybridized carbons (Fsp3) is 0.667. The van der Waals surface area contributed by atoms with Gasteiger partial charge in [-0.15, -0.1) is 0 Å². The van der Waals surface area contributed by atoms with Crippen LogP contribution in [-0.4, -0.2) is 5.11 Å². The third-order valence-electron chi connectivity index (χ3n) is 3.76. The van der Waals surface area contributed by atoms with Crippen LogP contribution < -0.4 is 0 Å². The largest absolute Gasteiger partial charge is 0.508 e. The number of rotatable bonds is 11. The zero-order chi connectivity index (χ0) is 13.8. The summed E-state index contributed by atoms with van der Waals surface area (Å²) in [6.45, 7) is 2.27. The first-order valence-electron chi connectivity index (χ1n) is 8.11. The van der Waals surface area contributed by atoms with Gasteiger partial charge in [0.25, 0.3) is 0 Å². The monoisotopic (exact) mass is 325 g/mol. The Labute approximate surface area is 135 Å². The minimum atomic E-state index is 0. The standard InChI is InChI=1S/C18H30O.Cu/c1-2-3-4-5-6-7-8-9-10-11-12-17-13-15-18(19)16-14-17;/h13-16,19H,2-12H2,1H3;. The second-order valence-corrected chi connectivity index (χ2v) is 5.60. The summed E-state index contributed by atoms with van der Waals surface area (Å²) in [5, 5.41) is 9.20. The number of benzene rings is 1. The molecule has 0 aliphatic carbocycles. The van der Waals surface area contributed by atoms with E-state index in [1.165, 1.54) is 69.8 Å². The molecule has 1 N–H and O–H groups in total. The van der Waals surface area contributed by atoms with Crippen LogP contribution >= 0.6 is 0 Å². The molecule has 0 aromatic heterocycles. The molecule has 0 saturated carbocycles. The Hall–Kier alpha value is -0.461. The summed E-state index contributed by atoms with van der Waals surface area (Å²) in [7, 11) is 0. The summed E-state index contributed by atoms with van der Waals surface area (Å²) in [6, 6.07) is 7.63. The van der Waals surface area contributed by atoms with Crippen molar-refractivity contribution in [3.8, 4) is 5.75 Å². The van der Waals surface area contributed by atoms with Gasteiger partial charge in [0.1, 0.15) is 5.75 Å². The summed E-state index contributed by atoms with van der Waals surface area (Å²) in [5.41, 5.74) is 1.34. The molecule has 1 rings (SSSR count). The maximum absolute atomic E-state index is 9.20. The van der Waals surface area contributed by atoms with Gasteiger partial charge in [-0.2, -0.15) is 0 Å². The van der Waals surface area contributed by atoms with E-state index in [1.54, 1.807) is 12.1 Å². The minimum Gasteiger partial charge on any atom is -0.508 e. The summed E-state index contributed by atoms with van der Waals surface area (Å²) in [5.74, 6) is 0.367. The number of phenols is 1. The first kappa shape index (κ1) is 19.5. The molecule has 0 saturated heterocycles. The minimum absolute atomic E-state index is 0. The van der Waals surface area contributed by atoms with Crippen LogP contribution in [0.5, 0.6) is 5.75 Å². The molecule has 0 spiro atoms. The zero-order valence-electron chi connectivity index (χ0n) is 12.8. The van der Waals surface area contributed by atoms with Crippen molar-refractivity contribution in [2.45, 2.75) is 77.6 Å². The molecule has 0 atom stereocenters. The summed E-state index contributed by atoms with van der Waals surface area (Å²) < 4.78 is 0. The molecule has 0 bridgehead atoms. The molecule has 1 aromatic rings. The molecule has 1 nitrogen and oxygen atoms in total. The second kappa shape index (κ2) is 13.5. The van der Waals surface area contributed by atoms with Gasteiger partial charge in [-0.3, -0.25) is 0 Å². The van der Waals surface area contributed by atoms with Crippen LogP contribution in [0, 0.1) is 0 Å². The van der Waals surface area contributed by atoms with Gasteiger partial charge in [0.05, 0.1) is 0 Å². The van der Waals surface area contributed by atoms with Gasteiger partial charge in [0, 0.05) is 17.1 Å². The van der Waals surface area contributed by atoms with Gasteiger partial charge in [-0.1, -0.05) is 76.8 Å². The van der Waals surface area contributed by atoms with Gasteiger partial charge in [0.2, 0.25) is 0 Å². The van der Waals surface area contributed by atoms with Crippen molar-refractivity contribution >= 4 is 0 Å². The molecular formula is C18H30CuO. The number of hydrogen-bond donors (Lipinski definition) is 1. The van der Waals surface area contributed by atoms with Crippen LogP contribution in [0.1, 0.15) is 76.7 Å². The molecule has 1 radical (unpaired) electrons. The number of unbranched alkanes of at least 4 members (excludes halogenated alkanes) is 9. The van der Waals surface area contributed by atoms with E-state index in [9.17, 15) is 5.11 Å². The zero-order valence-corrected chi connectivity index (χ0v) is 13.8. The first-order valence-corrected chi connectivity index (χ1v) is 8.11. The van der Waals surface area contributed by atoms with E-state index in [4.69, 9.17) is 0 Å². The van der Waals surface area contributed by atoms with Crippen LogP contribution in [0.25, 0.3) is 0 Å². The molecule has 119 valence electrons. The van der Waals surface area contributed by atoms with Crippen molar-refractivity contribution in [1.82, 2.24) is 0 Å². The van der Waals surface area contributed by atoms with Gasteiger partial charge in [-0.05, 0) is 30.5 Å². The Balaban J connectivity index is 0.00000361. The van der Waals surface area contributed by atoms with E-state index in [2.05, 4.69) is 6.92 Å². The summed E-state index contributed by atoms with van der Waals surface area (Å²) >= 11 is 0. The van der Waals surface area contributed by atoms with E-state index in [1.807, 2.05) is 12.1 Å². The molecule has 0 amide bonds. The van der Waals surface area contributed by atoms with Crippen LogP contribution in [0.3, 0.4) is 0 Å². The predicted octanol–water partition coefficient (Wildman–Crippen LogP) is 5.85. The Morgan fingerprint density at radius 2 is 1.15 bits per heavy atom. The van der Waals surface area contributed by atoms with E-state index in [-0.39, 0.29) is 17.1 Å². The fourth-order valence-corrected chi connectivity index (χ4v) is 2.48. The van der Waals surface area contributed by atoms with Gasteiger partial charge in [-0.25, -0.2) is 0 Å². The number of aryl methyl sites for hydroxylation is 1. The normalized spacial score (nSPS) is 10.2. The molecule has 20 heavy (non-hydrogen) atoms. The Bertz CT molecular complexity index is 308. The molecule has 0 aliphatic heterocycles. The van der Waals surface area contributed by atoms with Crippen molar-refractivity contribution < 1.29 is 22.2 Å². The van der Waals surface area contributed by atoms with Crippen molar-refractivity contribution in [2.75, 3.05) is 0 Å². The topological polar surface area (TPSA) is 20.2 Å². The average Bonchev–Trinajstić information content (AvgIpc) is 2.43. The SMILES string of the molecule is CCCCCCCCCCCCc1ccc(O)cc1.[Cu]. The Morgan fingerprint density at radius 3 is 1.65 bits per heavy atom. The summed E-state index contributed by atoms with van der Waals surface area (Å²) in [4.78, 5) is 0. The van der Waals surface area contributed by atoms with E-state index >= 15 is 0 Å². The number of phenolic OH excluding ortho intramolecular Hbond substituents is 1. The van der Waals surface area contributed by atoms with Gasteiger partial charge >= 0.3 is 0 Å². The Kier molecular flexibility index (Phi) is 13.2. The van der Waals surface area contributed by atoms with Crippen molar-refractivity contribution in [1.29, 1.82) is 0 Å². The third-order valence-corrected chi connectivity index (χ3v) is 3.76. The first-order chi connectivity index (χ1) is 9.33. The van der Waals surface area contributed by atoms with Crippen molar-refractivity contribution in [3.63, 3.8) is 0 Å². The quantitative estimate of drug-likeness (QED) is 0.399. The molecule has 1 aromatic carbocycles. The molecule has 0 unspecified atom stereocenters. The average molecular weight is 326 g/mol. The van der Waals surface area contributed by atoms with Gasteiger partial charge < -0.3 is 5.11 Å². The molecule has 2 heteroatoms. The summed E-state index contributed by atoms with van der Waals surface area (Å²) in [6.07, 6.45) is 15.0. The van der Waals surface area contributed by atoms with E-state index < -0.39 is 0 Å². The van der Waals surface area contributed by atoms with Crippen LogP contribution in [0.4, 0.5) is 0 Å². The van der Waals surface area contributed by atoms with Crippen molar-refractivity contribution in [3.05, 3.63) is 29.8 Å². The molecular weight excluding hydrogens is 296 g/mol. The third kappa shape index (κ3) is 10.3. The van der Waals surface area contributed by atoms with Crippen LogP contribution in [-0.2, 0) is 23.5 Å². The van der Waals surface area contributed by atoms with E-state index in [0.29, 0.717) is 5.75 Å². The van der Waals surface area contributed by atoms with Crippen LogP contribution in [0.15, 0.2) is 24.3 Å². The molecule has 0 heterocycles. The number of aromatic hydroxyl groups is 1. The smallest absolute Gasteiger partial charge is 0.115 e. The van der Waals surface area contributed by atoms with Crippen molar-refractivity contribution in [2.24, 2.45) is 0 Å². The Morgan fingerprint density at radius 1 is 0.700 bits per heavy atom. The van der Waals surface area contributed by atoms with Gasteiger partial charge in [0.15, 0.2) is 0 Å². The second-order valence-electron chi connectivity index (χ2n) is 5.60. The maximum Gasteiger partial charge on any atom is 0.115 e. The number of hydrogen-bond acceptors (Lipinski definition) is 1. The van der Waals surface area contributed by atoms with Crippen LogP contribution in [0.2, 0.25) is 0 Å². The van der Waals surface area contributed by atoms with E-state index in [0.717, 1.165) is 6.42 Å².